The van der Waals surface area contributed by atoms with E-state index in [0.29, 0.717) is 0 Å². The number of benzene rings is 10. The van der Waals surface area contributed by atoms with Crippen molar-refractivity contribution < 1.29 is 0 Å². The molecule has 0 heterocycles. The summed E-state index contributed by atoms with van der Waals surface area (Å²) in [5, 5.41) is 4.98. The molecule has 1 unspecified atom stereocenters. The van der Waals surface area contributed by atoms with Crippen molar-refractivity contribution in [3.8, 4) is 44.5 Å². The summed E-state index contributed by atoms with van der Waals surface area (Å²) in [7, 11) is 0. The van der Waals surface area contributed by atoms with Crippen LogP contribution in [0.15, 0.2) is 218 Å². The molecule has 0 saturated heterocycles. The molecule has 12 rings (SSSR count). The molecule has 62 heavy (non-hydrogen) atoms. The van der Waals surface area contributed by atoms with Crippen LogP contribution in [0.5, 0.6) is 0 Å². The second-order valence-electron chi connectivity index (χ2n) is 17.8. The Morgan fingerprint density at radius 2 is 0.903 bits per heavy atom. The molecule has 0 saturated carbocycles. The first-order valence-corrected chi connectivity index (χ1v) is 21.8. The Hall–Kier alpha value is -7.48. The summed E-state index contributed by atoms with van der Waals surface area (Å²) < 4.78 is 0. The fraction of sp³-hybridized carbons (Fsp3) is 0.0820. The normalized spacial score (nSPS) is 15.5. The van der Waals surface area contributed by atoms with Crippen LogP contribution >= 0.6 is 0 Å². The lowest BCUT2D eigenvalue weighted by Crippen LogP contribution is -2.22. The van der Waals surface area contributed by atoms with Gasteiger partial charge in [-0.05, 0) is 132 Å². The number of anilines is 3. The summed E-state index contributed by atoms with van der Waals surface area (Å²) in [4.78, 5) is 2.44. The maximum atomic E-state index is 2.44. The maximum absolute atomic E-state index is 2.44. The van der Waals surface area contributed by atoms with Crippen molar-refractivity contribution in [1.29, 1.82) is 0 Å². The molecule has 0 N–H and O–H groups in total. The van der Waals surface area contributed by atoms with E-state index in [1.54, 1.807) is 0 Å². The average molecular weight is 792 g/mol. The van der Waals surface area contributed by atoms with Crippen molar-refractivity contribution in [3.05, 3.63) is 246 Å². The summed E-state index contributed by atoms with van der Waals surface area (Å²) in [6.07, 6.45) is 0. The number of hydrogen-bond donors (Lipinski definition) is 0. The molecular formula is C61H45N. The number of rotatable bonds is 6. The molecule has 0 fully saturated rings. The lowest BCUT2D eigenvalue weighted by molar-refractivity contribution is 0.662. The van der Waals surface area contributed by atoms with Crippen LogP contribution in [-0.2, 0) is 10.8 Å². The first kappa shape index (κ1) is 36.4. The van der Waals surface area contributed by atoms with E-state index in [4.69, 9.17) is 0 Å². The Balaban J connectivity index is 0.974. The molecule has 1 atom stereocenters. The van der Waals surface area contributed by atoms with E-state index in [1.165, 1.54) is 93.9 Å². The van der Waals surface area contributed by atoms with Crippen LogP contribution in [0.3, 0.4) is 0 Å². The molecule has 10 aromatic carbocycles. The zero-order valence-corrected chi connectivity index (χ0v) is 35.2. The van der Waals surface area contributed by atoms with Crippen LogP contribution in [0.1, 0.15) is 48.6 Å². The monoisotopic (exact) mass is 791 g/mol. The van der Waals surface area contributed by atoms with Crippen molar-refractivity contribution in [2.24, 2.45) is 0 Å². The molecule has 2 aliphatic carbocycles. The van der Waals surface area contributed by atoms with E-state index in [1.807, 2.05) is 0 Å². The van der Waals surface area contributed by atoms with E-state index in [0.717, 1.165) is 17.1 Å². The Morgan fingerprint density at radius 3 is 1.68 bits per heavy atom. The lowest BCUT2D eigenvalue weighted by Gasteiger charge is -2.29. The topological polar surface area (TPSA) is 3.24 Å². The number of fused-ring (bicyclic) bond motifs is 9. The van der Waals surface area contributed by atoms with Gasteiger partial charge in [0.2, 0.25) is 0 Å². The van der Waals surface area contributed by atoms with Gasteiger partial charge < -0.3 is 4.90 Å². The van der Waals surface area contributed by atoms with Crippen LogP contribution in [0.25, 0.3) is 66.1 Å². The van der Waals surface area contributed by atoms with Gasteiger partial charge in [-0.15, -0.1) is 0 Å². The number of nitrogens with zero attached hydrogens (tertiary/aromatic N) is 1. The second-order valence-corrected chi connectivity index (χ2v) is 17.8. The lowest BCUT2D eigenvalue weighted by atomic mass is 9.74. The predicted octanol–water partition coefficient (Wildman–Crippen LogP) is 16.4. The molecule has 294 valence electrons. The van der Waals surface area contributed by atoms with E-state index < -0.39 is 0 Å². The highest BCUT2D eigenvalue weighted by Gasteiger charge is 2.41. The van der Waals surface area contributed by atoms with Crippen LogP contribution in [-0.4, -0.2) is 0 Å². The van der Waals surface area contributed by atoms with Gasteiger partial charge in [-0.25, -0.2) is 0 Å². The summed E-state index contributed by atoms with van der Waals surface area (Å²) in [5.41, 5.74) is 20.1. The van der Waals surface area contributed by atoms with Crippen molar-refractivity contribution in [2.45, 2.75) is 31.6 Å². The fourth-order valence-corrected chi connectivity index (χ4v) is 11.1. The first-order valence-electron chi connectivity index (χ1n) is 21.8. The number of hydrogen-bond acceptors (Lipinski definition) is 1. The Kier molecular flexibility index (Phi) is 8.08. The van der Waals surface area contributed by atoms with Crippen LogP contribution in [0.2, 0.25) is 0 Å². The van der Waals surface area contributed by atoms with Crippen LogP contribution in [0.4, 0.5) is 17.1 Å². The summed E-state index contributed by atoms with van der Waals surface area (Å²) >= 11 is 0. The molecule has 10 aromatic rings. The van der Waals surface area contributed by atoms with E-state index in [2.05, 4.69) is 244 Å². The SMILES string of the molecule is CC1(C)c2ccccc2-c2cccc(-c3ccc(N(c4ccc(-c5ccc6c(c5)C(C)(c5ccccc5)c5ccccc5-6)cc4)c4cccc5c4ccc4ccccc45)cc3)c21. The van der Waals surface area contributed by atoms with Crippen molar-refractivity contribution >= 4 is 38.6 Å². The molecule has 0 aliphatic heterocycles. The fourth-order valence-electron chi connectivity index (χ4n) is 11.1. The molecule has 0 aromatic heterocycles. The Labute approximate surface area is 364 Å². The second kappa shape index (κ2) is 13.8. The highest BCUT2D eigenvalue weighted by atomic mass is 15.1. The van der Waals surface area contributed by atoms with Gasteiger partial charge in [0.25, 0.3) is 0 Å². The maximum Gasteiger partial charge on any atom is 0.0540 e. The minimum atomic E-state index is -0.246. The minimum Gasteiger partial charge on any atom is -0.310 e. The van der Waals surface area contributed by atoms with Gasteiger partial charge in [-0.1, -0.05) is 196 Å². The zero-order valence-electron chi connectivity index (χ0n) is 35.2. The summed E-state index contributed by atoms with van der Waals surface area (Å²) in [6, 6.07) is 81.1. The van der Waals surface area contributed by atoms with Gasteiger partial charge in [0, 0.05) is 27.6 Å². The molecule has 0 spiro atoms. The molecule has 2 aliphatic rings. The molecule has 0 amide bonds. The van der Waals surface area contributed by atoms with Crippen molar-refractivity contribution in [1.82, 2.24) is 0 Å². The van der Waals surface area contributed by atoms with E-state index in [-0.39, 0.29) is 10.8 Å². The zero-order chi connectivity index (χ0) is 41.6. The molecule has 0 bridgehead atoms. The predicted molar refractivity (Wildman–Crippen MR) is 262 cm³/mol. The highest BCUT2D eigenvalue weighted by molar-refractivity contribution is 6.12. The third-order valence-corrected chi connectivity index (χ3v) is 14.1. The molecular weight excluding hydrogens is 747 g/mol. The average Bonchev–Trinajstić information content (AvgIpc) is 3.73. The Bertz CT molecular complexity index is 3370. The van der Waals surface area contributed by atoms with Crippen molar-refractivity contribution in [3.63, 3.8) is 0 Å². The smallest absolute Gasteiger partial charge is 0.0540 e. The largest absolute Gasteiger partial charge is 0.310 e. The van der Waals surface area contributed by atoms with E-state index >= 15 is 0 Å². The highest BCUT2D eigenvalue weighted by Crippen LogP contribution is 2.54. The third kappa shape index (κ3) is 5.34. The van der Waals surface area contributed by atoms with E-state index in [9.17, 15) is 0 Å². The standard InChI is InChI=1S/C61H45N/c1-60(2)55-24-11-9-20-51(55)54-23-13-21-48(59(54)60)42-29-35-46(36-30-42)62(58-26-14-22-49-47-18-8-7-15-41(47)31-38-53(49)58)45-33-27-40(28-34-45)43-32-37-52-50-19-10-12-25-56(50)61(3,57(52)39-43)44-16-5-4-6-17-44/h4-39H,1-3H3. The van der Waals surface area contributed by atoms with Crippen molar-refractivity contribution in [2.75, 3.05) is 4.90 Å². The Morgan fingerprint density at radius 1 is 0.339 bits per heavy atom. The van der Waals surface area contributed by atoms with Gasteiger partial charge in [0.05, 0.1) is 5.69 Å². The minimum absolute atomic E-state index is 0.0936. The first-order chi connectivity index (χ1) is 30.4. The van der Waals surface area contributed by atoms with Gasteiger partial charge in [-0.3, -0.25) is 0 Å². The third-order valence-electron chi connectivity index (χ3n) is 14.1. The van der Waals surface area contributed by atoms with Crippen LogP contribution < -0.4 is 4.90 Å². The molecule has 1 heteroatoms. The van der Waals surface area contributed by atoms with Gasteiger partial charge >= 0.3 is 0 Å². The van der Waals surface area contributed by atoms with Gasteiger partial charge in [0.1, 0.15) is 0 Å². The van der Waals surface area contributed by atoms with Crippen LogP contribution in [0, 0.1) is 0 Å². The quantitative estimate of drug-likeness (QED) is 0.152. The molecule has 1 nitrogen and oxygen atoms in total. The summed E-state index contributed by atoms with van der Waals surface area (Å²) in [5.74, 6) is 0. The molecule has 0 radical (unpaired) electrons. The van der Waals surface area contributed by atoms with Gasteiger partial charge in [0.15, 0.2) is 0 Å². The summed E-state index contributed by atoms with van der Waals surface area (Å²) in [6.45, 7) is 7.13. The van der Waals surface area contributed by atoms with Gasteiger partial charge in [-0.2, -0.15) is 0 Å².